The number of carbonyl (C=O) groups is 1. The first-order valence-corrected chi connectivity index (χ1v) is 8.98. The predicted octanol–water partition coefficient (Wildman–Crippen LogP) is 4.14. The average Bonchev–Trinajstić information content (AvgIpc) is 2.73. The van der Waals surface area contributed by atoms with Crippen molar-refractivity contribution in [1.29, 1.82) is 0 Å². The lowest BCUT2D eigenvalue weighted by atomic mass is 10.2. The van der Waals surface area contributed by atoms with Gasteiger partial charge in [0, 0.05) is 24.6 Å². The number of benzene rings is 2. The molecule has 144 valence electrons. The Balaban J connectivity index is 1.49. The number of pyridine rings is 1. The van der Waals surface area contributed by atoms with Gasteiger partial charge in [0.05, 0.1) is 18.4 Å². The van der Waals surface area contributed by atoms with Gasteiger partial charge in [0.25, 0.3) is 5.91 Å². The second-order valence-electron chi connectivity index (χ2n) is 6.23. The Bertz CT molecular complexity index is 909. The molecule has 3 rings (SSSR count). The molecule has 1 amide bonds. The van der Waals surface area contributed by atoms with Gasteiger partial charge >= 0.3 is 0 Å². The van der Waals surface area contributed by atoms with Crippen molar-refractivity contribution in [2.24, 2.45) is 0 Å². The topological polar surface area (TPSA) is 72.5 Å². The van der Waals surface area contributed by atoms with Gasteiger partial charge < -0.3 is 20.1 Å². The molecule has 6 heteroatoms. The monoisotopic (exact) mass is 377 g/mol. The number of anilines is 2. The van der Waals surface area contributed by atoms with E-state index in [1.165, 1.54) is 0 Å². The Morgan fingerprint density at radius 2 is 1.68 bits per heavy atom. The zero-order chi connectivity index (χ0) is 19.8. The zero-order valence-corrected chi connectivity index (χ0v) is 15.9. The van der Waals surface area contributed by atoms with E-state index in [1.54, 1.807) is 25.6 Å². The van der Waals surface area contributed by atoms with Crippen LogP contribution in [0.1, 0.15) is 15.9 Å². The predicted molar refractivity (Wildman–Crippen MR) is 110 cm³/mol. The second-order valence-corrected chi connectivity index (χ2v) is 6.23. The van der Waals surface area contributed by atoms with Crippen LogP contribution in [0.15, 0.2) is 67.0 Å². The Morgan fingerprint density at radius 3 is 2.39 bits per heavy atom. The molecule has 0 aliphatic heterocycles. The molecule has 2 aromatic carbocycles. The van der Waals surface area contributed by atoms with Crippen LogP contribution in [0.4, 0.5) is 11.4 Å². The van der Waals surface area contributed by atoms with E-state index >= 15 is 0 Å². The standard InChI is InChI=1S/C22H23N3O3/c1-16-3-5-18(6-4-16)25-22(26)17-13-19(15-23-14-17)24-11-12-28-21-9-7-20(27-2)8-10-21/h3-10,13-15,24H,11-12H2,1-2H3,(H,25,26). The summed E-state index contributed by atoms with van der Waals surface area (Å²) in [6.45, 7) is 3.06. The number of carbonyl (C=O) groups excluding carboxylic acids is 1. The summed E-state index contributed by atoms with van der Waals surface area (Å²) in [6.07, 6.45) is 3.22. The van der Waals surface area contributed by atoms with Crippen LogP contribution >= 0.6 is 0 Å². The van der Waals surface area contributed by atoms with E-state index in [0.29, 0.717) is 18.7 Å². The van der Waals surface area contributed by atoms with E-state index < -0.39 is 0 Å². The van der Waals surface area contributed by atoms with Crippen molar-refractivity contribution in [2.75, 3.05) is 30.9 Å². The fourth-order valence-corrected chi connectivity index (χ4v) is 2.54. The number of rotatable bonds is 8. The summed E-state index contributed by atoms with van der Waals surface area (Å²) in [5.74, 6) is 1.36. The number of amides is 1. The SMILES string of the molecule is COc1ccc(OCCNc2cncc(C(=O)Nc3ccc(C)cc3)c2)cc1. The average molecular weight is 377 g/mol. The maximum atomic E-state index is 12.4. The first kappa shape index (κ1) is 19.2. The Kier molecular flexibility index (Phi) is 6.46. The van der Waals surface area contributed by atoms with Crippen molar-refractivity contribution < 1.29 is 14.3 Å². The molecule has 0 unspecified atom stereocenters. The largest absolute Gasteiger partial charge is 0.497 e. The molecule has 3 aromatic rings. The third-order valence-corrected chi connectivity index (χ3v) is 4.07. The summed E-state index contributed by atoms with van der Waals surface area (Å²) >= 11 is 0. The molecule has 6 nitrogen and oxygen atoms in total. The van der Waals surface area contributed by atoms with Crippen molar-refractivity contribution in [3.05, 3.63) is 78.1 Å². The van der Waals surface area contributed by atoms with Crippen molar-refractivity contribution in [3.8, 4) is 11.5 Å². The Labute approximate surface area is 164 Å². The van der Waals surface area contributed by atoms with E-state index in [2.05, 4.69) is 15.6 Å². The van der Waals surface area contributed by atoms with Crippen LogP contribution in [-0.4, -0.2) is 31.2 Å². The zero-order valence-electron chi connectivity index (χ0n) is 15.9. The second kappa shape index (κ2) is 9.41. The molecule has 1 aromatic heterocycles. The third kappa shape index (κ3) is 5.48. The molecule has 0 bridgehead atoms. The highest BCUT2D eigenvalue weighted by Gasteiger charge is 2.07. The minimum atomic E-state index is -0.200. The Hall–Kier alpha value is -3.54. The smallest absolute Gasteiger partial charge is 0.257 e. The van der Waals surface area contributed by atoms with Crippen molar-refractivity contribution in [2.45, 2.75) is 6.92 Å². The number of methoxy groups -OCH3 is 1. The highest BCUT2D eigenvalue weighted by Crippen LogP contribution is 2.17. The van der Waals surface area contributed by atoms with Crippen LogP contribution in [-0.2, 0) is 0 Å². The van der Waals surface area contributed by atoms with Crippen LogP contribution in [0.25, 0.3) is 0 Å². The van der Waals surface area contributed by atoms with Gasteiger partial charge in [0.2, 0.25) is 0 Å². The van der Waals surface area contributed by atoms with E-state index in [4.69, 9.17) is 9.47 Å². The molecule has 0 saturated heterocycles. The summed E-state index contributed by atoms with van der Waals surface area (Å²) in [7, 11) is 1.63. The van der Waals surface area contributed by atoms with Gasteiger partial charge in [-0.3, -0.25) is 9.78 Å². The van der Waals surface area contributed by atoms with Gasteiger partial charge in [-0.05, 0) is 49.4 Å². The molecular formula is C22H23N3O3. The first-order valence-electron chi connectivity index (χ1n) is 8.98. The van der Waals surface area contributed by atoms with Crippen LogP contribution in [0.3, 0.4) is 0 Å². The van der Waals surface area contributed by atoms with Crippen molar-refractivity contribution in [3.63, 3.8) is 0 Å². The molecule has 0 spiro atoms. The van der Waals surface area contributed by atoms with E-state index in [1.807, 2.05) is 55.5 Å². The number of nitrogens with zero attached hydrogens (tertiary/aromatic N) is 1. The Morgan fingerprint density at radius 1 is 0.964 bits per heavy atom. The van der Waals surface area contributed by atoms with Gasteiger partial charge in [0.15, 0.2) is 0 Å². The normalized spacial score (nSPS) is 10.2. The molecule has 0 fully saturated rings. The van der Waals surface area contributed by atoms with Gasteiger partial charge in [0.1, 0.15) is 18.1 Å². The van der Waals surface area contributed by atoms with Gasteiger partial charge in [-0.15, -0.1) is 0 Å². The number of ether oxygens (including phenoxy) is 2. The lowest BCUT2D eigenvalue weighted by Crippen LogP contribution is -2.14. The van der Waals surface area contributed by atoms with Gasteiger partial charge in [-0.1, -0.05) is 17.7 Å². The third-order valence-electron chi connectivity index (χ3n) is 4.07. The highest BCUT2D eigenvalue weighted by atomic mass is 16.5. The summed E-state index contributed by atoms with van der Waals surface area (Å²) in [5.41, 5.74) is 3.14. The number of nitrogens with one attached hydrogen (secondary N) is 2. The first-order chi connectivity index (χ1) is 13.6. The molecule has 0 radical (unpaired) electrons. The van der Waals surface area contributed by atoms with Gasteiger partial charge in [-0.2, -0.15) is 0 Å². The summed E-state index contributed by atoms with van der Waals surface area (Å²) < 4.78 is 10.8. The minimum Gasteiger partial charge on any atom is -0.497 e. The molecule has 0 atom stereocenters. The lowest BCUT2D eigenvalue weighted by Gasteiger charge is -2.10. The van der Waals surface area contributed by atoms with Crippen LogP contribution < -0.4 is 20.1 Å². The number of hydrogen-bond acceptors (Lipinski definition) is 5. The molecule has 1 heterocycles. The van der Waals surface area contributed by atoms with Crippen molar-refractivity contribution >= 4 is 17.3 Å². The van der Waals surface area contributed by atoms with Crippen LogP contribution in [0.5, 0.6) is 11.5 Å². The maximum absolute atomic E-state index is 12.4. The van der Waals surface area contributed by atoms with Crippen LogP contribution in [0, 0.1) is 6.92 Å². The fourth-order valence-electron chi connectivity index (χ4n) is 2.54. The molecule has 2 N–H and O–H groups in total. The van der Waals surface area contributed by atoms with Crippen LogP contribution in [0.2, 0.25) is 0 Å². The highest BCUT2D eigenvalue weighted by molar-refractivity contribution is 6.04. The number of aryl methyl sites for hydroxylation is 1. The molecule has 0 aliphatic rings. The maximum Gasteiger partial charge on any atom is 0.257 e. The van der Waals surface area contributed by atoms with E-state index in [-0.39, 0.29) is 5.91 Å². The minimum absolute atomic E-state index is 0.200. The quantitative estimate of drug-likeness (QED) is 0.577. The van der Waals surface area contributed by atoms with Crippen molar-refractivity contribution in [1.82, 2.24) is 4.98 Å². The summed E-state index contributed by atoms with van der Waals surface area (Å²) in [5, 5.41) is 6.08. The summed E-state index contributed by atoms with van der Waals surface area (Å²) in [4.78, 5) is 16.5. The lowest BCUT2D eigenvalue weighted by molar-refractivity contribution is 0.102. The number of aromatic nitrogens is 1. The van der Waals surface area contributed by atoms with Gasteiger partial charge in [-0.25, -0.2) is 0 Å². The molecule has 0 saturated carbocycles. The van der Waals surface area contributed by atoms with E-state index in [9.17, 15) is 4.79 Å². The molecular weight excluding hydrogens is 354 g/mol. The number of hydrogen-bond donors (Lipinski definition) is 2. The summed E-state index contributed by atoms with van der Waals surface area (Å²) in [6, 6.07) is 16.8. The molecule has 0 aliphatic carbocycles. The molecule has 28 heavy (non-hydrogen) atoms. The van der Waals surface area contributed by atoms with E-state index in [0.717, 1.165) is 28.4 Å². The fraction of sp³-hybridized carbons (Fsp3) is 0.182.